The van der Waals surface area contributed by atoms with Crippen LogP contribution in [0.3, 0.4) is 0 Å². The lowest BCUT2D eigenvalue weighted by Crippen LogP contribution is -2.49. The zero-order chi connectivity index (χ0) is 18.8. The van der Waals surface area contributed by atoms with E-state index in [1.165, 1.54) is 0 Å². The Morgan fingerprint density at radius 1 is 1.20 bits per heavy atom. The van der Waals surface area contributed by atoms with Gasteiger partial charge in [0.25, 0.3) is 0 Å². The maximum Gasteiger partial charge on any atom is 0.405 e. The number of hydrogen-bond acceptors (Lipinski definition) is 2. The number of carboxylic acid groups (broad SMARTS) is 1. The van der Waals surface area contributed by atoms with Crippen LogP contribution in [-0.2, 0) is 11.2 Å². The van der Waals surface area contributed by atoms with Crippen LogP contribution in [-0.4, -0.2) is 41.1 Å². The summed E-state index contributed by atoms with van der Waals surface area (Å²) in [4.78, 5) is 25.7. The summed E-state index contributed by atoms with van der Waals surface area (Å²) in [5.41, 5.74) is 2.29. The van der Waals surface area contributed by atoms with Crippen molar-refractivity contribution in [2.24, 2.45) is 5.92 Å². The van der Waals surface area contributed by atoms with E-state index in [4.69, 9.17) is 5.11 Å². The largest absolute Gasteiger partial charge is 0.465 e. The highest BCUT2D eigenvalue weighted by atomic mass is 16.4. The van der Waals surface area contributed by atoms with Crippen molar-refractivity contribution in [3.8, 4) is 0 Å². The van der Waals surface area contributed by atoms with Crippen LogP contribution >= 0.6 is 0 Å². The van der Waals surface area contributed by atoms with E-state index >= 15 is 0 Å². The Hall–Kier alpha value is -2.30. The number of benzene rings is 1. The molecule has 0 saturated heterocycles. The van der Waals surface area contributed by atoms with E-state index in [0.717, 1.165) is 17.6 Å². The van der Waals surface area contributed by atoms with Crippen molar-refractivity contribution in [3.63, 3.8) is 0 Å². The molecule has 2 amide bonds. The molecule has 0 bridgehead atoms. The molecule has 5 heteroatoms. The SMILES string of the molecule is CC(C)=CCN(CCc1ccccc1)C(=O)C(CC(C)C)NC(=O)O. The van der Waals surface area contributed by atoms with Crippen molar-refractivity contribution in [1.29, 1.82) is 0 Å². The highest BCUT2D eigenvalue weighted by Gasteiger charge is 2.26. The van der Waals surface area contributed by atoms with Gasteiger partial charge in [-0.3, -0.25) is 4.79 Å². The number of nitrogens with zero attached hydrogens (tertiary/aromatic N) is 1. The summed E-state index contributed by atoms with van der Waals surface area (Å²) in [5.74, 6) is 0.0600. The number of allylic oxidation sites excluding steroid dienone is 1. The Morgan fingerprint density at radius 3 is 2.36 bits per heavy atom. The summed E-state index contributed by atoms with van der Waals surface area (Å²) in [7, 11) is 0. The molecule has 0 aliphatic heterocycles. The first-order valence-corrected chi connectivity index (χ1v) is 8.75. The summed E-state index contributed by atoms with van der Waals surface area (Å²) < 4.78 is 0. The Morgan fingerprint density at radius 2 is 1.84 bits per heavy atom. The van der Waals surface area contributed by atoms with Crippen molar-refractivity contribution < 1.29 is 14.7 Å². The molecule has 1 unspecified atom stereocenters. The Labute approximate surface area is 150 Å². The number of carbonyl (C=O) groups excluding carboxylic acids is 1. The van der Waals surface area contributed by atoms with Gasteiger partial charge in [-0.1, -0.05) is 55.8 Å². The smallest absolute Gasteiger partial charge is 0.405 e. The molecule has 1 rings (SSSR count). The topological polar surface area (TPSA) is 69.6 Å². The lowest BCUT2D eigenvalue weighted by molar-refractivity contribution is -0.133. The number of carbonyl (C=O) groups is 2. The van der Waals surface area contributed by atoms with Gasteiger partial charge in [-0.15, -0.1) is 0 Å². The number of rotatable bonds is 9. The lowest BCUT2D eigenvalue weighted by Gasteiger charge is -2.27. The minimum Gasteiger partial charge on any atom is -0.465 e. The minimum absolute atomic E-state index is 0.162. The predicted molar refractivity (Wildman–Crippen MR) is 101 cm³/mol. The van der Waals surface area contributed by atoms with Gasteiger partial charge in [0.1, 0.15) is 6.04 Å². The molecule has 0 aromatic heterocycles. The van der Waals surface area contributed by atoms with Gasteiger partial charge in [0, 0.05) is 13.1 Å². The molecule has 138 valence electrons. The first-order chi connectivity index (χ1) is 11.8. The van der Waals surface area contributed by atoms with Crippen LogP contribution in [0.4, 0.5) is 4.79 Å². The molecule has 0 fully saturated rings. The van der Waals surface area contributed by atoms with Gasteiger partial charge in [-0.05, 0) is 38.2 Å². The standard InChI is InChI=1S/C20H30N2O3/c1-15(2)10-12-22(13-11-17-8-6-5-7-9-17)19(23)18(14-16(3)4)21-20(24)25/h5-10,16,18,21H,11-14H2,1-4H3,(H,24,25). The van der Waals surface area contributed by atoms with E-state index in [0.29, 0.717) is 19.5 Å². The Bertz CT molecular complexity index is 578. The Balaban J connectivity index is 2.88. The molecule has 5 nitrogen and oxygen atoms in total. The van der Waals surface area contributed by atoms with Crippen molar-refractivity contribution in [3.05, 3.63) is 47.5 Å². The van der Waals surface area contributed by atoms with Gasteiger partial charge in [-0.2, -0.15) is 0 Å². The summed E-state index contributed by atoms with van der Waals surface area (Å²) in [6.45, 7) is 8.98. The second kappa shape index (κ2) is 10.5. The summed E-state index contributed by atoms with van der Waals surface area (Å²) in [6, 6.07) is 9.27. The molecule has 2 N–H and O–H groups in total. The van der Waals surface area contributed by atoms with Crippen LogP contribution in [0.1, 0.15) is 39.7 Å². The summed E-state index contributed by atoms with van der Waals surface area (Å²) in [5, 5.41) is 11.4. The van der Waals surface area contributed by atoms with Crippen molar-refractivity contribution in [1.82, 2.24) is 10.2 Å². The van der Waals surface area contributed by atoms with Crippen molar-refractivity contribution in [2.45, 2.75) is 46.6 Å². The van der Waals surface area contributed by atoms with Gasteiger partial charge in [-0.25, -0.2) is 4.79 Å². The third-order valence-electron chi connectivity index (χ3n) is 3.85. The molecule has 0 radical (unpaired) electrons. The normalized spacial score (nSPS) is 11.7. The first kappa shape index (κ1) is 20.7. The monoisotopic (exact) mass is 346 g/mol. The quantitative estimate of drug-likeness (QED) is 0.670. The molecule has 0 spiro atoms. The fraction of sp³-hybridized carbons (Fsp3) is 0.500. The van der Waals surface area contributed by atoms with E-state index < -0.39 is 12.1 Å². The van der Waals surface area contributed by atoms with E-state index in [1.54, 1.807) is 4.90 Å². The van der Waals surface area contributed by atoms with Crippen molar-refractivity contribution >= 4 is 12.0 Å². The van der Waals surface area contributed by atoms with Crippen molar-refractivity contribution in [2.75, 3.05) is 13.1 Å². The highest BCUT2D eigenvalue weighted by Crippen LogP contribution is 2.10. The van der Waals surface area contributed by atoms with E-state index in [9.17, 15) is 9.59 Å². The van der Waals surface area contributed by atoms with Crippen LogP contribution in [0.15, 0.2) is 42.0 Å². The van der Waals surface area contributed by atoms with Gasteiger partial charge < -0.3 is 15.3 Å². The molecule has 25 heavy (non-hydrogen) atoms. The molecule has 0 aliphatic carbocycles. The second-order valence-electron chi connectivity index (χ2n) is 6.93. The summed E-state index contributed by atoms with van der Waals surface area (Å²) in [6.07, 6.45) is 2.06. The third-order valence-corrected chi connectivity index (χ3v) is 3.85. The van der Waals surface area contributed by atoms with Gasteiger partial charge in [0.05, 0.1) is 0 Å². The number of hydrogen-bond donors (Lipinski definition) is 2. The molecule has 1 aromatic rings. The van der Waals surface area contributed by atoms with Crippen LogP contribution in [0.25, 0.3) is 0 Å². The van der Waals surface area contributed by atoms with Crippen LogP contribution in [0, 0.1) is 5.92 Å². The van der Waals surface area contributed by atoms with Crippen LogP contribution in [0.2, 0.25) is 0 Å². The first-order valence-electron chi connectivity index (χ1n) is 8.75. The zero-order valence-corrected chi connectivity index (χ0v) is 15.7. The average molecular weight is 346 g/mol. The molecular formula is C20H30N2O3. The predicted octanol–water partition coefficient (Wildman–Crippen LogP) is 3.71. The number of nitrogens with one attached hydrogen (secondary N) is 1. The molecule has 0 heterocycles. The van der Waals surface area contributed by atoms with E-state index in [1.807, 2.05) is 64.1 Å². The maximum absolute atomic E-state index is 12.9. The minimum atomic E-state index is -1.16. The highest BCUT2D eigenvalue weighted by molar-refractivity contribution is 5.85. The summed E-state index contributed by atoms with van der Waals surface area (Å²) >= 11 is 0. The Kier molecular flexibility index (Phi) is 8.75. The van der Waals surface area contributed by atoms with Gasteiger partial charge in [0.2, 0.25) is 5.91 Å². The fourth-order valence-corrected chi connectivity index (χ4v) is 2.56. The molecular weight excluding hydrogens is 316 g/mol. The van der Waals surface area contributed by atoms with Crippen LogP contribution < -0.4 is 5.32 Å². The van der Waals surface area contributed by atoms with E-state index in [-0.39, 0.29) is 11.8 Å². The zero-order valence-electron chi connectivity index (χ0n) is 15.7. The second-order valence-corrected chi connectivity index (χ2v) is 6.93. The van der Waals surface area contributed by atoms with Gasteiger partial charge in [0.15, 0.2) is 0 Å². The molecule has 1 aromatic carbocycles. The van der Waals surface area contributed by atoms with Gasteiger partial charge >= 0.3 is 6.09 Å². The molecule has 0 saturated carbocycles. The molecule has 0 aliphatic rings. The lowest BCUT2D eigenvalue weighted by atomic mass is 10.0. The van der Waals surface area contributed by atoms with Crippen LogP contribution in [0.5, 0.6) is 0 Å². The number of amides is 2. The maximum atomic E-state index is 12.9. The molecule has 1 atom stereocenters. The van der Waals surface area contributed by atoms with E-state index in [2.05, 4.69) is 5.32 Å². The fourth-order valence-electron chi connectivity index (χ4n) is 2.56. The average Bonchev–Trinajstić information content (AvgIpc) is 2.53. The third kappa shape index (κ3) is 8.38.